The van der Waals surface area contributed by atoms with Crippen LogP contribution in [0.25, 0.3) is 6.08 Å². The van der Waals surface area contributed by atoms with E-state index < -0.39 is 0 Å². The molecule has 1 aliphatic heterocycles. The molecule has 7 heteroatoms. The summed E-state index contributed by atoms with van der Waals surface area (Å²) in [4.78, 5) is 24.1. The Morgan fingerprint density at radius 2 is 1.83 bits per heavy atom. The van der Waals surface area contributed by atoms with Gasteiger partial charge in [0.05, 0.1) is 6.10 Å². The third-order valence-electron chi connectivity index (χ3n) is 5.45. The number of urea groups is 1. The fourth-order valence-corrected chi connectivity index (χ4v) is 3.54. The first-order valence-corrected chi connectivity index (χ1v) is 10.4. The van der Waals surface area contributed by atoms with Crippen molar-refractivity contribution in [2.75, 3.05) is 23.8 Å². The molecule has 2 aromatic rings. The quantitative estimate of drug-likeness (QED) is 0.593. The molecule has 1 saturated carbocycles. The number of ether oxygens (including phenoxy) is 1. The van der Waals surface area contributed by atoms with Gasteiger partial charge in [-0.2, -0.15) is 0 Å². The fourth-order valence-electron chi connectivity index (χ4n) is 3.54. The van der Waals surface area contributed by atoms with Gasteiger partial charge < -0.3 is 25.1 Å². The minimum absolute atomic E-state index is 0.103. The van der Waals surface area contributed by atoms with Crippen molar-refractivity contribution >= 4 is 29.4 Å². The topological polar surface area (TPSA) is 92.6 Å². The van der Waals surface area contributed by atoms with Crippen LogP contribution >= 0.6 is 0 Å². The molecule has 7 nitrogen and oxygen atoms in total. The van der Waals surface area contributed by atoms with E-state index in [9.17, 15) is 9.59 Å². The molecular weight excluding hydrogens is 382 g/mol. The molecule has 2 fully saturated rings. The highest BCUT2D eigenvalue weighted by atomic mass is 16.5. The maximum Gasteiger partial charge on any atom is 0.319 e. The van der Waals surface area contributed by atoms with Crippen LogP contribution in [0.3, 0.4) is 0 Å². The number of hydrogen-bond donors (Lipinski definition) is 3. The molecule has 2 aliphatic rings. The summed E-state index contributed by atoms with van der Waals surface area (Å²) in [6, 6.07) is 10.5. The first-order valence-electron chi connectivity index (χ1n) is 10.4. The number of nitrogens with one attached hydrogen (secondary N) is 3. The van der Waals surface area contributed by atoms with E-state index >= 15 is 0 Å². The third-order valence-corrected chi connectivity index (χ3v) is 5.45. The zero-order valence-electron chi connectivity index (χ0n) is 17.0. The van der Waals surface area contributed by atoms with Crippen LogP contribution < -0.4 is 16.0 Å². The zero-order valence-corrected chi connectivity index (χ0v) is 17.0. The van der Waals surface area contributed by atoms with Crippen LogP contribution in [0.15, 0.2) is 46.9 Å². The molecule has 0 bridgehead atoms. The molecule has 1 aromatic heterocycles. The molecule has 3 amide bonds. The highest BCUT2D eigenvalue weighted by molar-refractivity contribution is 6.02. The number of furan rings is 1. The van der Waals surface area contributed by atoms with Gasteiger partial charge in [-0.25, -0.2) is 4.79 Å². The summed E-state index contributed by atoms with van der Waals surface area (Å²) < 4.78 is 11.2. The van der Waals surface area contributed by atoms with Crippen molar-refractivity contribution in [1.82, 2.24) is 5.32 Å². The van der Waals surface area contributed by atoms with Crippen molar-refractivity contribution in [2.45, 2.75) is 38.2 Å². The predicted octanol–water partition coefficient (Wildman–Crippen LogP) is 4.36. The van der Waals surface area contributed by atoms with Crippen LogP contribution in [0.1, 0.15) is 43.6 Å². The summed E-state index contributed by atoms with van der Waals surface area (Å²) in [6.45, 7) is 3.47. The van der Waals surface area contributed by atoms with Gasteiger partial charge in [0, 0.05) is 36.5 Å². The van der Waals surface area contributed by atoms with Gasteiger partial charge in [-0.1, -0.05) is 6.92 Å². The minimum Gasteiger partial charge on any atom is -0.461 e. The second-order valence-corrected chi connectivity index (χ2v) is 7.93. The maximum absolute atomic E-state index is 12.1. The lowest BCUT2D eigenvalue weighted by Gasteiger charge is -2.12. The van der Waals surface area contributed by atoms with Gasteiger partial charge in [0.25, 0.3) is 0 Å². The summed E-state index contributed by atoms with van der Waals surface area (Å²) in [7, 11) is 0. The van der Waals surface area contributed by atoms with Gasteiger partial charge >= 0.3 is 6.03 Å². The standard InChI is InChI=1S/C23H27N3O4/c1-15-13-20(15)21-10-8-18(30-21)9-11-22(27)25-16-4-6-17(7-5-16)26-23(28)24-14-19-3-2-12-29-19/h4-11,15,19-20H,2-3,12-14H2,1H3,(H,25,27)(H2,24,26,28)/b11-9+. The number of rotatable bonds is 7. The van der Waals surface area contributed by atoms with Gasteiger partial charge in [-0.15, -0.1) is 0 Å². The molecule has 158 valence electrons. The lowest BCUT2D eigenvalue weighted by atomic mass is 10.2. The number of amides is 3. The molecule has 3 N–H and O–H groups in total. The van der Waals surface area contributed by atoms with Gasteiger partial charge in [-0.05, 0) is 67.7 Å². The van der Waals surface area contributed by atoms with E-state index in [1.54, 1.807) is 30.3 Å². The Kier molecular flexibility index (Phi) is 6.18. The van der Waals surface area contributed by atoms with Gasteiger partial charge in [0.15, 0.2) is 0 Å². The van der Waals surface area contributed by atoms with E-state index in [2.05, 4.69) is 22.9 Å². The van der Waals surface area contributed by atoms with Crippen LogP contribution in [-0.2, 0) is 9.53 Å². The highest BCUT2D eigenvalue weighted by Gasteiger charge is 2.36. The van der Waals surface area contributed by atoms with E-state index in [0.29, 0.717) is 35.5 Å². The minimum atomic E-state index is -0.274. The Balaban J connectivity index is 1.22. The van der Waals surface area contributed by atoms with Crippen molar-refractivity contribution in [3.63, 3.8) is 0 Å². The van der Waals surface area contributed by atoms with Crippen molar-refractivity contribution < 1.29 is 18.7 Å². The molecule has 0 spiro atoms. The zero-order chi connectivity index (χ0) is 20.9. The Hall–Kier alpha value is -3.06. The first-order chi connectivity index (χ1) is 14.6. The number of benzene rings is 1. The molecule has 3 unspecified atom stereocenters. The Morgan fingerprint density at radius 3 is 2.50 bits per heavy atom. The fraction of sp³-hybridized carbons (Fsp3) is 0.391. The Labute approximate surface area is 175 Å². The molecule has 1 aromatic carbocycles. The summed E-state index contributed by atoms with van der Waals surface area (Å²) in [5, 5.41) is 8.36. The van der Waals surface area contributed by atoms with Crippen LogP contribution in [0.4, 0.5) is 16.2 Å². The van der Waals surface area contributed by atoms with E-state index in [-0.39, 0.29) is 18.0 Å². The van der Waals surface area contributed by atoms with E-state index in [1.165, 1.54) is 12.5 Å². The SMILES string of the molecule is CC1CC1c1ccc(/C=C/C(=O)Nc2ccc(NC(=O)NCC3CCCO3)cc2)o1. The van der Waals surface area contributed by atoms with Gasteiger partial charge in [-0.3, -0.25) is 4.79 Å². The smallest absolute Gasteiger partial charge is 0.319 e. The highest BCUT2D eigenvalue weighted by Crippen LogP contribution is 2.47. The van der Waals surface area contributed by atoms with Crippen LogP contribution in [0.5, 0.6) is 0 Å². The lowest BCUT2D eigenvalue weighted by Crippen LogP contribution is -2.35. The van der Waals surface area contributed by atoms with Crippen LogP contribution in [-0.4, -0.2) is 31.2 Å². The van der Waals surface area contributed by atoms with E-state index in [4.69, 9.17) is 9.15 Å². The summed E-state index contributed by atoms with van der Waals surface area (Å²) in [5.41, 5.74) is 1.28. The second kappa shape index (κ2) is 9.17. The summed E-state index contributed by atoms with van der Waals surface area (Å²) >= 11 is 0. The van der Waals surface area contributed by atoms with Gasteiger partial charge in [0.2, 0.25) is 5.91 Å². The molecule has 30 heavy (non-hydrogen) atoms. The molecular formula is C23H27N3O4. The van der Waals surface area contributed by atoms with Crippen molar-refractivity contribution in [2.24, 2.45) is 5.92 Å². The lowest BCUT2D eigenvalue weighted by molar-refractivity contribution is -0.111. The average molecular weight is 409 g/mol. The summed E-state index contributed by atoms with van der Waals surface area (Å²) in [5.74, 6) is 2.62. The molecule has 1 saturated heterocycles. The summed E-state index contributed by atoms with van der Waals surface area (Å²) in [6.07, 6.45) is 6.40. The van der Waals surface area contributed by atoms with Gasteiger partial charge in [0.1, 0.15) is 11.5 Å². The Morgan fingerprint density at radius 1 is 1.10 bits per heavy atom. The van der Waals surface area contributed by atoms with Crippen molar-refractivity contribution in [1.29, 1.82) is 0 Å². The average Bonchev–Trinajstić information content (AvgIpc) is 3.15. The third kappa shape index (κ3) is 5.51. The van der Waals surface area contributed by atoms with E-state index in [0.717, 1.165) is 25.2 Å². The molecule has 4 rings (SSSR count). The largest absolute Gasteiger partial charge is 0.461 e. The molecule has 0 radical (unpaired) electrons. The second-order valence-electron chi connectivity index (χ2n) is 7.93. The monoisotopic (exact) mass is 409 g/mol. The predicted molar refractivity (Wildman–Crippen MR) is 115 cm³/mol. The molecule has 3 atom stereocenters. The maximum atomic E-state index is 12.1. The number of carbonyl (C=O) groups is 2. The van der Waals surface area contributed by atoms with E-state index in [1.807, 2.05) is 12.1 Å². The van der Waals surface area contributed by atoms with Crippen LogP contribution in [0.2, 0.25) is 0 Å². The van der Waals surface area contributed by atoms with Crippen LogP contribution in [0, 0.1) is 5.92 Å². The Bertz CT molecular complexity index is 913. The number of anilines is 2. The van der Waals surface area contributed by atoms with Crippen molar-refractivity contribution in [3.05, 3.63) is 54.0 Å². The van der Waals surface area contributed by atoms with Crippen molar-refractivity contribution in [3.8, 4) is 0 Å². The molecule has 2 heterocycles. The molecule has 1 aliphatic carbocycles. The first kappa shape index (κ1) is 20.2. The normalized spacial score (nSPS) is 22.8. The number of hydrogen-bond acceptors (Lipinski definition) is 4. The number of carbonyl (C=O) groups excluding carboxylic acids is 2.